The van der Waals surface area contributed by atoms with Crippen LogP contribution in [0.3, 0.4) is 0 Å². The fourth-order valence-electron chi connectivity index (χ4n) is 0.632. The van der Waals surface area contributed by atoms with E-state index >= 15 is 0 Å². The lowest BCUT2D eigenvalue weighted by Gasteiger charge is -2.35. The maximum absolute atomic E-state index is 11.6. The summed E-state index contributed by atoms with van der Waals surface area (Å²) in [4.78, 5) is 0. The van der Waals surface area contributed by atoms with Crippen LogP contribution in [-0.2, 0) is 0 Å². The molecule has 0 aliphatic carbocycles. The van der Waals surface area contributed by atoms with Crippen LogP contribution >= 0.6 is 22.9 Å². The topological polar surface area (TPSA) is 3.24 Å². The second-order valence-corrected chi connectivity index (χ2v) is 3.43. The van der Waals surface area contributed by atoms with E-state index in [1.807, 2.05) is 22.9 Å². The summed E-state index contributed by atoms with van der Waals surface area (Å²) in [5.74, 6) is -1.07. The van der Waals surface area contributed by atoms with E-state index in [9.17, 15) is 13.2 Å². The highest BCUT2D eigenvalue weighted by Crippen LogP contribution is 2.34. The molecule has 54 valence electrons. The number of hydrogen-bond acceptors (Lipinski definition) is 1. The first-order valence-corrected chi connectivity index (χ1v) is 3.44. The zero-order valence-electron chi connectivity index (χ0n) is 4.45. The quantitative estimate of drug-likeness (QED) is 0.469. The molecule has 1 saturated heterocycles. The summed E-state index contributed by atoms with van der Waals surface area (Å²) >= 11 is 1.88. The molecule has 1 aliphatic heterocycles. The summed E-state index contributed by atoms with van der Waals surface area (Å²) in [7, 11) is 0. The Morgan fingerprint density at radius 3 is 1.89 bits per heavy atom. The Labute approximate surface area is 64.7 Å². The number of nitrogens with zero attached hydrogens (tertiary/aromatic N) is 1. The smallest absolute Gasteiger partial charge is 0.246 e. The lowest BCUT2D eigenvalue weighted by Crippen LogP contribution is -2.48. The van der Waals surface area contributed by atoms with Crippen LogP contribution in [0.15, 0.2) is 0 Å². The Kier molecular flexibility index (Phi) is 1.91. The van der Waals surface area contributed by atoms with E-state index < -0.39 is 12.1 Å². The molecule has 0 atom stereocenters. The molecule has 9 heavy (non-hydrogen) atoms. The summed E-state index contributed by atoms with van der Waals surface area (Å²) in [6.45, 7) is 0.314. The molecule has 0 aromatic heterocycles. The molecule has 5 heteroatoms. The minimum Gasteiger partial charge on any atom is -0.246 e. The van der Waals surface area contributed by atoms with Gasteiger partial charge in [-0.3, -0.25) is 0 Å². The molecule has 0 bridgehead atoms. The molecule has 0 N–H and O–H groups in total. The van der Waals surface area contributed by atoms with Crippen LogP contribution in [0.5, 0.6) is 0 Å². The van der Waals surface area contributed by atoms with E-state index in [-0.39, 0.29) is 13.1 Å². The molecule has 1 aliphatic rings. The van der Waals surface area contributed by atoms with Crippen molar-refractivity contribution in [2.75, 3.05) is 13.1 Å². The average molecular weight is 251 g/mol. The van der Waals surface area contributed by atoms with Gasteiger partial charge in [0.25, 0.3) is 0 Å². The van der Waals surface area contributed by atoms with Gasteiger partial charge >= 0.3 is 6.18 Å². The van der Waals surface area contributed by atoms with Gasteiger partial charge in [0.15, 0.2) is 0 Å². The summed E-state index contributed by atoms with van der Waals surface area (Å²) in [6.07, 6.45) is -3.97. The summed E-state index contributed by atoms with van der Waals surface area (Å²) in [5.41, 5.74) is 0. The predicted molar refractivity (Wildman–Crippen MR) is 35.1 cm³/mol. The molecule has 0 spiro atoms. The van der Waals surface area contributed by atoms with Gasteiger partial charge < -0.3 is 0 Å². The van der Waals surface area contributed by atoms with Crippen molar-refractivity contribution in [3.05, 3.63) is 0 Å². The summed E-state index contributed by atoms with van der Waals surface area (Å²) in [6, 6.07) is 0. The monoisotopic (exact) mass is 251 g/mol. The van der Waals surface area contributed by atoms with Gasteiger partial charge in [0.1, 0.15) is 0 Å². The van der Waals surface area contributed by atoms with E-state index in [2.05, 4.69) is 0 Å². The van der Waals surface area contributed by atoms with Crippen LogP contribution in [0.2, 0.25) is 0 Å². The third-order valence-electron chi connectivity index (χ3n) is 1.30. The molecule has 0 saturated carbocycles. The molecule has 1 nitrogen and oxygen atoms in total. The van der Waals surface area contributed by atoms with Crippen LogP contribution < -0.4 is 0 Å². The molecule has 0 amide bonds. The van der Waals surface area contributed by atoms with E-state index in [0.717, 1.165) is 0 Å². The number of hydrogen-bond donors (Lipinski definition) is 0. The van der Waals surface area contributed by atoms with Gasteiger partial charge in [-0.25, -0.2) is 3.11 Å². The van der Waals surface area contributed by atoms with E-state index in [4.69, 9.17) is 0 Å². The van der Waals surface area contributed by atoms with Crippen LogP contribution in [0.25, 0.3) is 0 Å². The highest BCUT2D eigenvalue weighted by Gasteiger charge is 2.46. The highest BCUT2D eigenvalue weighted by atomic mass is 127. The first kappa shape index (κ1) is 7.59. The predicted octanol–water partition coefficient (Wildman–Crippen LogP) is 1.83. The Morgan fingerprint density at radius 1 is 1.33 bits per heavy atom. The van der Waals surface area contributed by atoms with Crippen molar-refractivity contribution in [1.82, 2.24) is 3.11 Å². The normalized spacial score (nSPS) is 24.0. The zero-order chi connectivity index (χ0) is 7.07. The third-order valence-corrected chi connectivity index (χ3v) is 2.09. The Bertz CT molecular complexity index is 107. The van der Waals surface area contributed by atoms with Crippen molar-refractivity contribution in [3.8, 4) is 0 Å². The van der Waals surface area contributed by atoms with E-state index in [0.29, 0.717) is 0 Å². The highest BCUT2D eigenvalue weighted by molar-refractivity contribution is 14.1. The molecule has 0 radical (unpaired) electrons. The maximum atomic E-state index is 11.6. The lowest BCUT2D eigenvalue weighted by molar-refractivity contribution is -0.195. The summed E-state index contributed by atoms with van der Waals surface area (Å²) < 4.78 is 36.6. The molecule has 1 fully saturated rings. The van der Waals surface area contributed by atoms with Crippen molar-refractivity contribution < 1.29 is 13.2 Å². The first-order valence-electron chi connectivity index (χ1n) is 2.47. The number of alkyl halides is 3. The molecule has 0 aromatic rings. The minimum atomic E-state index is -3.97. The van der Waals surface area contributed by atoms with Crippen LogP contribution in [0.1, 0.15) is 0 Å². The Morgan fingerprint density at radius 2 is 1.78 bits per heavy atom. The zero-order valence-corrected chi connectivity index (χ0v) is 6.61. The Hall–Kier alpha value is 0.480. The molecular weight excluding hydrogens is 246 g/mol. The van der Waals surface area contributed by atoms with Crippen molar-refractivity contribution in [2.24, 2.45) is 5.92 Å². The van der Waals surface area contributed by atoms with Crippen LogP contribution in [0, 0.1) is 5.92 Å². The fourth-order valence-corrected chi connectivity index (χ4v) is 1.58. The van der Waals surface area contributed by atoms with Gasteiger partial charge in [-0.05, 0) is 0 Å². The van der Waals surface area contributed by atoms with Crippen molar-refractivity contribution in [1.29, 1.82) is 0 Å². The SMILES string of the molecule is FC(F)(F)C1CN(I)C1. The standard InChI is InChI=1S/C4H5F3IN/c5-4(6,7)3-1-9(8)2-3/h3H,1-2H2. The van der Waals surface area contributed by atoms with Gasteiger partial charge in [-0.1, -0.05) is 0 Å². The van der Waals surface area contributed by atoms with Gasteiger partial charge in [-0.2, -0.15) is 13.2 Å². The van der Waals surface area contributed by atoms with Gasteiger partial charge in [0.05, 0.1) is 5.92 Å². The van der Waals surface area contributed by atoms with Gasteiger partial charge in [0, 0.05) is 36.0 Å². The Balaban J connectivity index is 2.32. The second kappa shape index (κ2) is 2.26. The molecule has 0 unspecified atom stereocenters. The second-order valence-electron chi connectivity index (χ2n) is 2.07. The average Bonchev–Trinajstić information content (AvgIpc) is 1.55. The third kappa shape index (κ3) is 1.70. The molecule has 0 aromatic carbocycles. The van der Waals surface area contributed by atoms with Crippen LogP contribution in [-0.4, -0.2) is 22.4 Å². The van der Waals surface area contributed by atoms with Crippen molar-refractivity contribution >= 4 is 22.9 Å². The maximum Gasteiger partial charge on any atom is 0.394 e. The number of rotatable bonds is 0. The van der Waals surface area contributed by atoms with Gasteiger partial charge in [0.2, 0.25) is 0 Å². The van der Waals surface area contributed by atoms with E-state index in [1.165, 1.54) is 0 Å². The van der Waals surface area contributed by atoms with Crippen molar-refractivity contribution in [3.63, 3.8) is 0 Å². The largest absolute Gasteiger partial charge is 0.394 e. The van der Waals surface area contributed by atoms with Gasteiger partial charge in [-0.15, -0.1) is 0 Å². The molecule has 1 heterocycles. The first-order chi connectivity index (χ1) is 4.00. The molecular formula is C4H5F3IN. The lowest BCUT2D eigenvalue weighted by atomic mass is 10.0. The molecule has 1 rings (SSSR count). The number of halogens is 4. The minimum absolute atomic E-state index is 0.157. The van der Waals surface area contributed by atoms with E-state index in [1.54, 1.807) is 3.11 Å². The summed E-state index contributed by atoms with van der Waals surface area (Å²) in [5, 5.41) is 0. The fraction of sp³-hybridized carbons (Fsp3) is 1.00. The van der Waals surface area contributed by atoms with Crippen molar-refractivity contribution in [2.45, 2.75) is 6.18 Å². The van der Waals surface area contributed by atoms with Crippen LogP contribution in [0.4, 0.5) is 13.2 Å².